The van der Waals surface area contributed by atoms with Crippen LogP contribution in [0.2, 0.25) is 0 Å². The van der Waals surface area contributed by atoms with Gasteiger partial charge >= 0.3 is 0 Å². The molecular formula is C15H20BrN5. The summed E-state index contributed by atoms with van der Waals surface area (Å²) in [6, 6.07) is 6.03. The van der Waals surface area contributed by atoms with Gasteiger partial charge in [-0.2, -0.15) is 0 Å². The Balaban J connectivity index is 1.94. The lowest BCUT2D eigenvalue weighted by Gasteiger charge is -2.28. The number of hydrogen-bond donors (Lipinski definition) is 1. The van der Waals surface area contributed by atoms with Crippen molar-refractivity contribution in [2.75, 3.05) is 5.73 Å². The van der Waals surface area contributed by atoms with E-state index in [4.69, 9.17) is 5.73 Å². The number of halogens is 1. The number of anilines is 1. The summed E-state index contributed by atoms with van der Waals surface area (Å²) in [5.41, 5.74) is 7.57. The first-order chi connectivity index (χ1) is 10.2. The highest BCUT2D eigenvalue weighted by Crippen LogP contribution is 2.35. The van der Waals surface area contributed by atoms with E-state index in [1.54, 1.807) is 0 Å². The highest BCUT2D eigenvalue weighted by atomic mass is 79.9. The third-order valence-electron chi connectivity index (χ3n) is 4.44. The third kappa shape index (κ3) is 2.95. The first-order valence-electron chi connectivity index (χ1n) is 7.50. The second-order valence-corrected chi connectivity index (χ2v) is 6.68. The minimum absolute atomic E-state index is 0.309. The summed E-state index contributed by atoms with van der Waals surface area (Å²) in [4.78, 5) is 0. The molecule has 0 radical (unpaired) electrons. The van der Waals surface area contributed by atoms with Gasteiger partial charge in [0.05, 0.1) is 6.04 Å². The van der Waals surface area contributed by atoms with E-state index >= 15 is 0 Å². The van der Waals surface area contributed by atoms with Gasteiger partial charge in [-0.25, -0.2) is 4.68 Å². The summed E-state index contributed by atoms with van der Waals surface area (Å²) < 4.78 is 2.92. The topological polar surface area (TPSA) is 69.6 Å². The quantitative estimate of drug-likeness (QED) is 0.855. The minimum atomic E-state index is 0.309. The number of nitrogen functional groups attached to an aromatic ring is 1. The normalized spacial score (nSPS) is 17.8. The molecule has 0 spiro atoms. The number of benzene rings is 1. The maximum Gasteiger partial charge on any atom is 0.183 e. The standard InChI is InChI=1S/C15H20BrN5/c1-10(11-5-3-2-4-6-11)21-15(18-19-20-21)13-9-12(17)7-8-14(13)16/h7-11H,2-6,17H2,1H3. The Labute approximate surface area is 133 Å². The van der Waals surface area contributed by atoms with Crippen LogP contribution in [-0.2, 0) is 0 Å². The average Bonchev–Trinajstić information content (AvgIpc) is 2.99. The van der Waals surface area contributed by atoms with E-state index < -0.39 is 0 Å². The van der Waals surface area contributed by atoms with Gasteiger partial charge in [0.15, 0.2) is 5.82 Å². The Morgan fingerprint density at radius 2 is 2.05 bits per heavy atom. The molecule has 1 aromatic heterocycles. The highest BCUT2D eigenvalue weighted by molar-refractivity contribution is 9.10. The smallest absolute Gasteiger partial charge is 0.183 e. The fraction of sp³-hybridized carbons (Fsp3) is 0.533. The van der Waals surface area contributed by atoms with Crippen LogP contribution in [0, 0.1) is 5.92 Å². The van der Waals surface area contributed by atoms with Crippen molar-refractivity contribution in [2.24, 2.45) is 5.92 Å². The second kappa shape index (κ2) is 6.13. The molecule has 0 aliphatic heterocycles. The van der Waals surface area contributed by atoms with Crippen LogP contribution in [-0.4, -0.2) is 20.2 Å². The molecular weight excluding hydrogens is 330 g/mol. The van der Waals surface area contributed by atoms with Gasteiger partial charge in [0, 0.05) is 15.7 Å². The summed E-state index contributed by atoms with van der Waals surface area (Å²) in [5.74, 6) is 1.44. The average molecular weight is 350 g/mol. The Kier molecular flexibility index (Phi) is 4.24. The molecule has 1 unspecified atom stereocenters. The van der Waals surface area contributed by atoms with E-state index in [-0.39, 0.29) is 0 Å². The van der Waals surface area contributed by atoms with Crippen molar-refractivity contribution >= 4 is 21.6 Å². The van der Waals surface area contributed by atoms with Crippen molar-refractivity contribution in [3.63, 3.8) is 0 Å². The first kappa shape index (κ1) is 14.5. The van der Waals surface area contributed by atoms with Gasteiger partial charge in [-0.3, -0.25) is 0 Å². The van der Waals surface area contributed by atoms with Gasteiger partial charge in [0.1, 0.15) is 0 Å². The summed E-state index contributed by atoms with van der Waals surface area (Å²) in [7, 11) is 0. The van der Waals surface area contributed by atoms with E-state index in [1.807, 2.05) is 22.9 Å². The van der Waals surface area contributed by atoms with E-state index in [2.05, 4.69) is 38.4 Å². The van der Waals surface area contributed by atoms with Gasteiger partial charge in [-0.1, -0.05) is 35.2 Å². The zero-order valence-corrected chi connectivity index (χ0v) is 13.8. The molecule has 1 aromatic carbocycles. The largest absolute Gasteiger partial charge is 0.399 e. The van der Waals surface area contributed by atoms with E-state index in [0.29, 0.717) is 17.6 Å². The number of hydrogen-bond acceptors (Lipinski definition) is 4. The Morgan fingerprint density at radius 1 is 1.29 bits per heavy atom. The number of aromatic nitrogens is 4. The molecule has 21 heavy (non-hydrogen) atoms. The summed E-state index contributed by atoms with van der Waals surface area (Å²) in [6.07, 6.45) is 6.51. The molecule has 2 N–H and O–H groups in total. The monoisotopic (exact) mass is 349 g/mol. The molecule has 0 amide bonds. The predicted octanol–water partition coefficient (Wildman–Crippen LogP) is 3.83. The Bertz CT molecular complexity index is 618. The minimum Gasteiger partial charge on any atom is -0.399 e. The lowest BCUT2D eigenvalue weighted by molar-refractivity contribution is 0.249. The van der Waals surface area contributed by atoms with Crippen LogP contribution >= 0.6 is 15.9 Å². The van der Waals surface area contributed by atoms with Gasteiger partial charge < -0.3 is 5.73 Å². The molecule has 1 heterocycles. The predicted molar refractivity (Wildman–Crippen MR) is 86.7 cm³/mol. The third-order valence-corrected chi connectivity index (χ3v) is 5.13. The molecule has 0 saturated heterocycles. The van der Waals surface area contributed by atoms with E-state index in [9.17, 15) is 0 Å². The lowest BCUT2D eigenvalue weighted by Crippen LogP contribution is -2.21. The fourth-order valence-corrected chi connectivity index (χ4v) is 3.60. The van der Waals surface area contributed by atoms with Crippen molar-refractivity contribution in [1.82, 2.24) is 20.2 Å². The zero-order valence-electron chi connectivity index (χ0n) is 12.2. The SMILES string of the molecule is CC(C1CCCCC1)n1nnnc1-c1cc(N)ccc1Br. The van der Waals surface area contributed by atoms with Crippen molar-refractivity contribution in [3.8, 4) is 11.4 Å². The number of nitrogens with zero attached hydrogens (tertiary/aromatic N) is 4. The molecule has 2 aromatic rings. The van der Waals surface area contributed by atoms with Crippen LogP contribution < -0.4 is 5.73 Å². The van der Waals surface area contributed by atoms with Crippen molar-refractivity contribution in [1.29, 1.82) is 0 Å². The van der Waals surface area contributed by atoms with E-state index in [0.717, 1.165) is 15.9 Å². The van der Waals surface area contributed by atoms with Gasteiger partial charge in [-0.15, -0.1) is 5.10 Å². The molecule has 3 rings (SSSR count). The second-order valence-electron chi connectivity index (χ2n) is 5.83. The number of rotatable bonds is 3. The van der Waals surface area contributed by atoms with Crippen LogP contribution in [0.25, 0.3) is 11.4 Å². The molecule has 112 valence electrons. The number of nitrogens with two attached hydrogens (primary N) is 1. The highest BCUT2D eigenvalue weighted by Gasteiger charge is 2.25. The Hall–Kier alpha value is -1.43. The fourth-order valence-electron chi connectivity index (χ4n) is 3.18. The Morgan fingerprint density at radius 3 is 2.81 bits per heavy atom. The summed E-state index contributed by atoms with van der Waals surface area (Å²) in [5, 5.41) is 12.3. The van der Waals surface area contributed by atoms with Crippen LogP contribution in [0.1, 0.15) is 45.1 Å². The zero-order chi connectivity index (χ0) is 14.8. The molecule has 1 fully saturated rings. The molecule has 6 heteroatoms. The van der Waals surface area contributed by atoms with Crippen molar-refractivity contribution < 1.29 is 0 Å². The van der Waals surface area contributed by atoms with E-state index in [1.165, 1.54) is 32.1 Å². The lowest BCUT2D eigenvalue weighted by atomic mass is 9.84. The maximum atomic E-state index is 5.90. The van der Waals surface area contributed by atoms with Crippen LogP contribution in [0.5, 0.6) is 0 Å². The molecule has 1 aliphatic carbocycles. The molecule has 1 saturated carbocycles. The summed E-state index contributed by atoms with van der Waals surface area (Å²) >= 11 is 3.57. The molecule has 1 aliphatic rings. The van der Waals surface area contributed by atoms with Gasteiger partial charge in [0.2, 0.25) is 0 Å². The number of tetrazole rings is 1. The van der Waals surface area contributed by atoms with Gasteiger partial charge in [-0.05, 0) is 54.3 Å². The molecule has 5 nitrogen and oxygen atoms in total. The van der Waals surface area contributed by atoms with Gasteiger partial charge in [0.25, 0.3) is 0 Å². The maximum absolute atomic E-state index is 5.90. The van der Waals surface area contributed by atoms with Crippen LogP contribution in [0.15, 0.2) is 22.7 Å². The summed E-state index contributed by atoms with van der Waals surface area (Å²) in [6.45, 7) is 2.22. The van der Waals surface area contributed by atoms with Crippen LogP contribution in [0.3, 0.4) is 0 Å². The van der Waals surface area contributed by atoms with Crippen molar-refractivity contribution in [3.05, 3.63) is 22.7 Å². The van der Waals surface area contributed by atoms with Crippen LogP contribution in [0.4, 0.5) is 5.69 Å². The first-order valence-corrected chi connectivity index (χ1v) is 8.29. The molecule has 1 atom stereocenters. The molecule has 0 bridgehead atoms. The van der Waals surface area contributed by atoms with Crippen molar-refractivity contribution in [2.45, 2.75) is 45.1 Å².